The summed E-state index contributed by atoms with van der Waals surface area (Å²) in [5.74, 6) is -0.486. The van der Waals surface area contributed by atoms with Crippen LogP contribution in [0.15, 0.2) is 48.5 Å². The van der Waals surface area contributed by atoms with Gasteiger partial charge in [-0.3, -0.25) is 4.79 Å². The summed E-state index contributed by atoms with van der Waals surface area (Å²) < 4.78 is 4.78. The molecule has 0 spiro atoms. The first kappa shape index (κ1) is 15.3. The van der Waals surface area contributed by atoms with E-state index in [-0.39, 0.29) is 11.9 Å². The van der Waals surface area contributed by atoms with Crippen LogP contribution in [0, 0.1) is 0 Å². The standard InChI is InChI=1S/C19H19NO3/c1-23-19(22)17-10-5-13-20(17)18(21)12-11-15-8-4-7-14-6-2-3-9-16(14)15/h2-4,6-9,11-12,17H,5,10,13H2,1H3/b12-11+. The third-order valence-electron chi connectivity index (χ3n) is 4.24. The topological polar surface area (TPSA) is 46.6 Å². The highest BCUT2D eigenvalue weighted by atomic mass is 16.5. The first-order valence-corrected chi connectivity index (χ1v) is 7.75. The molecule has 1 atom stereocenters. The third-order valence-corrected chi connectivity index (χ3v) is 4.24. The highest BCUT2D eigenvalue weighted by molar-refractivity contribution is 5.98. The second-order valence-corrected chi connectivity index (χ2v) is 5.61. The van der Waals surface area contributed by atoms with Crippen molar-refractivity contribution >= 4 is 28.7 Å². The molecular weight excluding hydrogens is 290 g/mol. The normalized spacial score (nSPS) is 17.8. The van der Waals surface area contributed by atoms with Crippen LogP contribution >= 0.6 is 0 Å². The van der Waals surface area contributed by atoms with E-state index >= 15 is 0 Å². The Labute approximate surface area is 135 Å². The van der Waals surface area contributed by atoms with E-state index in [0.29, 0.717) is 13.0 Å². The number of hydrogen-bond acceptors (Lipinski definition) is 3. The fraction of sp³-hybridized carbons (Fsp3) is 0.263. The fourth-order valence-electron chi connectivity index (χ4n) is 3.06. The van der Waals surface area contributed by atoms with Crippen LogP contribution in [0.1, 0.15) is 18.4 Å². The summed E-state index contributed by atoms with van der Waals surface area (Å²) >= 11 is 0. The lowest BCUT2D eigenvalue weighted by atomic mass is 10.0. The maximum Gasteiger partial charge on any atom is 0.328 e. The molecule has 1 amide bonds. The lowest BCUT2D eigenvalue weighted by Crippen LogP contribution is -2.40. The van der Waals surface area contributed by atoms with Gasteiger partial charge >= 0.3 is 5.97 Å². The molecule has 1 heterocycles. The first-order chi connectivity index (χ1) is 11.2. The van der Waals surface area contributed by atoms with Crippen molar-refractivity contribution in [3.05, 3.63) is 54.1 Å². The second-order valence-electron chi connectivity index (χ2n) is 5.61. The molecule has 4 heteroatoms. The van der Waals surface area contributed by atoms with Crippen LogP contribution in [0.2, 0.25) is 0 Å². The number of fused-ring (bicyclic) bond motifs is 1. The molecule has 1 fully saturated rings. The van der Waals surface area contributed by atoms with Crippen LogP contribution in [-0.4, -0.2) is 36.5 Å². The van der Waals surface area contributed by atoms with Crippen LogP contribution in [0.25, 0.3) is 16.8 Å². The number of carbonyl (C=O) groups excluding carboxylic acids is 2. The number of ether oxygens (including phenoxy) is 1. The molecule has 23 heavy (non-hydrogen) atoms. The van der Waals surface area contributed by atoms with Gasteiger partial charge in [0.2, 0.25) is 5.91 Å². The number of carbonyl (C=O) groups is 2. The van der Waals surface area contributed by atoms with E-state index < -0.39 is 6.04 Å². The summed E-state index contributed by atoms with van der Waals surface area (Å²) in [7, 11) is 1.36. The van der Waals surface area contributed by atoms with Gasteiger partial charge in [0.15, 0.2) is 0 Å². The van der Waals surface area contributed by atoms with Gasteiger partial charge in [0.1, 0.15) is 6.04 Å². The van der Waals surface area contributed by atoms with Gasteiger partial charge in [-0.25, -0.2) is 4.79 Å². The van der Waals surface area contributed by atoms with Crippen LogP contribution in [0.4, 0.5) is 0 Å². The highest BCUT2D eigenvalue weighted by Crippen LogP contribution is 2.21. The molecule has 118 valence electrons. The second kappa shape index (κ2) is 6.65. The number of benzene rings is 2. The molecule has 0 radical (unpaired) electrons. The maximum atomic E-state index is 12.4. The minimum atomic E-state index is -0.454. The van der Waals surface area contributed by atoms with Crippen molar-refractivity contribution in [1.29, 1.82) is 0 Å². The molecule has 0 bridgehead atoms. The minimum Gasteiger partial charge on any atom is -0.467 e. The summed E-state index contributed by atoms with van der Waals surface area (Å²) in [6.07, 6.45) is 4.86. The van der Waals surface area contributed by atoms with E-state index in [1.807, 2.05) is 48.5 Å². The van der Waals surface area contributed by atoms with E-state index in [9.17, 15) is 9.59 Å². The van der Waals surface area contributed by atoms with Gasteiger partial charge in [-0.05, 0) is 35.3 Å². The van der Waals surface area contributed by atoms with Crippen LogP contribution < -0.4 is 0 Å². The Morgan fingerprint density at radius 2 is 1.96 bits per heavy atom. The Morgan fingerprint density at radius 3 is 2.78 bits per heavy atom. The van der Waals surface area contributed by atoms with Crippen molar-refractivity contribution in [3.8, 4) is 0 Å². The Kier molecular flexibility index (Phi) is 4.42. The fourth-order valence-corrected chi connectivity index (χ4v) is 3.06. The minimum absolute atomic E-state index is 0.147. The number of nitrogens with zero attached hydrogens (tertiary/aromatic N) is 1. The molecule has 0 aliphatic carbocycles. The predicted octanol–water partition coefficient (Wildman–Crippen LogP) is 3.02. The molecular formula is C19H19NO3. The summed E-state index contributed by atoms with van der Waals surface area (Å²) in [5, 5.41) is 2.24. The van der Waals surface area contributed by atoms with Crippen LogP contribution in [-0.2, 0) is 14.3 Å². The number of amides is 1. The summed E-state index contributed by atoms with van der Waals surface area (Å²) in [5.41, 5.74) is 0.991. The SMILES string of the molecule is COC(=O)C1CCCN1C(=O)/C=C/c1cccc2ccccc12. The van der Waals surface area contributed by atoms with Crippen molar-refractivity contribution in [2.75, 3.05) is 13.7 Å². The molecule has 0 N–H and O–H groups in total. The first-order valence-electron chi connectivity index (χ1n) is 7.75. The van der Waals surface area contributed by atoms with Crippen molar-refractivity contribution in [2.24, 2.45) is 0 Å². The smallest absolute Gasteiger partial charge is 0.328 e. The Hall–Kier alpha value is -2.62. The molecule has 2 aromatic rings. The van der Waals surface area contributed by atoms with Crippen molar-refractivity contribution in [3.63, 3.8) is 0 Å². The van der Waals surface area contributed by atoms with E-state index in [0.717, 1.165) is 22.8 Å². The van der Waals surface area contributed by atoms with Gasteiger partial charge in [-0.2, -0.15) is 0 Å². The van der Waals surface area contributed by atoms with Gasteiger partial charge < -0.3 is 9.64 Å². The zero-order chi connectivity index (χ0) is 16.2. The van der Waals surface area contributed by atoms with Crippen molar-refractivity contribution in [1.82, 2.24) is 4.90 Å². The zero-order valence-electron chi connectivity index (χ0n) is 13.1. The van der Waals surface area contributed by atoms with Gasteiger partial charge in [-0.15, -0.1) is 0 Å². The molecule has 0 aromatic heterocycles. The zero-order valence-corrected chi connectivity index (χ0v) is 13.1. The number of likely N-dealkylation sites (tertiary alicyclic amines) is 1. The van der Waals surface area contributed by atoms with E-state index in [2.05, 4.69) is 0 Å². The largest absolute Gasteiger partial charge is 0.467 e. The van der Waals surface area contributed by atoms with Gasteiger partial charge in [0.25, 0.3) is 0 Å². The Bertz CT molecular complexity index is 761. The van der Waals surface area contributed by atoms with Gasteiger partial charge in [0, 0.05) is 12.6 Å². The monoisotopic (exact) mass is 309 g/mol. The summed E-state index contributed by atoms with van der Waals surface area (Å²) in [6, 6.07) is 13.6. The van der Waals surface area contributed by atoms with Gasteiger partial charge in [-0.1, -0.05) is 42.5 Å². The Morgan fingerprint density at radius 1 is 1.17 bits per heavy atom. The third kappa shape index (κ3) is 3.11. The molecule has 3 rings (SSSR count). The molecule has 4 nitrogen and oxygen atoms in total. The van der Waals surface area contributed by atoms with Crippen LogP contribution in [0.5, 0.6) is 0 Å². The number of methoxy groups -OCH3 is 1. The lowest BCUT2D eigenvalue weighted by Gasteiger charge is -2.21. The quantitative estimate of drug-likeness (QED) is 0.647. The lowest BCUT2D eigenvalue weighted by molar-refractivity contribution is -0.149. The number of esters is 1. The van der Waals surface area contributed by atoms with Crippen LogP contribution in [0.3, 0.4) is 0 Å². The summed E-state index contributed by atoms with van der Waals surface area (Å²) in [4.78, 5) is 25.7. The van der Waals surface area contributed by atoms with E-state index in [4.69, 9.17) is 4.74 Å². The van der Waals surface area contributed by atoms with Crippen molar-refractivity contribution in [2.45, 2.75) is 18.9 Å². The summed E-state index contributed by atoms with van der Waals surface area (Å²) in [6.45, 7) is 0.596. The maximum absolute atomic E-state index is 12.4. The van der Waals surface area contributed by atoms with Gasteiger partial charge in [0.05, 0.1) is 7.11 Å². The molecule has 1 unspecified atom stereocenters. The molecule has 1 saturated heterocycles. The molecule has 1 aliphatic rings. The average Bonchev–Trinajstić information content (AvgIpc) is 3.08. The van der Waals surface area contributed by atoms with Crippen molar-refractivity contribution < 1.29 is 14.3 Å². The highest BCUT2D eigenvalue weighted by Gasteiger charge is 2.33. The molecule has 0 saturated carbocycles. The molecule has 2 aromatic carbocycles. The molecule has 1 aliphatic heterocycles. The Balaban J connectivity index is 1.81. The van der Waals surface area contributed by atoms with E-state index in [1.165, 1.54) is 7.11 Å². The number of rotatable bonds is 3. The number of hydrogen-bond donors (Lipinski definition) is 0. The van der Waals surface area contributed by atoms with E-state index in [1.54, 1.807) is 11.0 Å². The predicted molar refractivity (Wildman–Crippen MR) is 89.7 cm³/mol. The average molecular weight is 309 g/mol.